The van der Waals surface area contributed by atoms with Crippen LogP contribution in [-0.2, 0) is 4.79 Å². The highest BCUT2D eigenvalue weighted by molar-refractivity contribution is 5.80. The first-order valence-electron chi connectivity index (χ1n) is 4.90. The van der Waals surface area contributed by atoms with Crippen molar-refractivity contribution in [2.45, 2.75) is 13.8 Å². The Balaban J connectivity index is 2.75. The Hall–Kier alpha value is -1.65. The van der Waals surface area contributed by atoms with Gasteiger partial charge in [0.1, 0.15) is 23.7 Å². The molecular weight excluding hydrogens is 192 g/mol. The van der Waals surface area contributed by atoms with Crippen molar-refractivity contribution in [1.82, 2.24) is 9.97 Å². The van der Waals surface area contributed by atoms with Gasteiger partial charge < -0.3 is 10.2 Å². The number of Topliss-reactive ketones (excluding diaryl/α,β-unsaturated/α-hetero) is 1. The maximum Gasteiger partial charge on any atom is 0.149 e. The smallest absolute Gasteiger partial charge is 0.149 e. The number of rotatable bonds is 5. The van der Waals surface area contributed by atoms with Gasteiger partial charge in [0.25, 0.3) is 0 Å². The standard InChI is InChI=1S/C10H16N4O/c1-4-11-9-5-10(13-7-12-9)14(3)6-8(2)15/h5,7H,4,6H2,1-3H3,(H,11,12,13). The van der Waals surface area contributed by atoms with Crippen molar-refractivity contribution < 1.29 is 4.79 Å². The number of hydrogen-bond donors (Lipinski definition) is 1. The number of likely N-dealkylation sites (N-methyl/N-ethyl adjacent to an activating group) is 1. The van der Waals surface area contributed by atoms with Gasteiger partial charge in [-0.1, -0.05) is 0 Å². The molecule has 1 aromatic heterocycles. The van der Waals surface area contributed by atoms with E-state index in [-0.39, 0.29) is 5.78 Å². The summed E-state index contributed by atoms with van der Waals surface area (Å²) in [6.45, 7) is 4.74. The molecule has 1 aromatic rings. The summed E-state index contributed by atoms with van der Waals surface area (Å²) in [6.07, 6.45) is 1.49. The third-order valence-corrected chi connectivity index (χ3v) is 1.86. The third-order valence-electron chi connectivity index (χ3n) is 1.86. The van der Waals surface area contributed by atoms with E-state index in [0.29, 0.717) is 6.54 Å². The number of carbonyl (C=O) groups is 1. The lowest BCUT2D eigenvalue weighted by Crippen LogP contribution is -2.24. The van der Waals surface area contributed by atoms with Gasteiger partial charge in [0.2, 0.25) is 0 Å². The lowest BCUT2D eigenvalue weighted by Gasteiger charge is -2.16. The fourth-order valence-corrected chi connectivity index (χ4v) is 1.25. The molecule has 1 heterocycles. The molecule has 0 unspecified atom stereocenters. The second kappa shape index (κ2) is 5.29. The Labute approximate surface area is 89.5 Å². The van der Waals surface area contributed by atoms with Crippen LogP contribution in [0, 0.1) is 0 Å². The van der Waals surface area contributed by atoms with Crippen molar-refractivity contribution in [3.63, 3.8) is 0 Å². The van der Waals surface area contributed by atoms with Crippen LogP contribution in [0.25, 0.3) is 0 Å². The topological polar surface area (TPSA) is 58.1 Å². The highest BCUT2D eigenvalue weighted by atomic mass is 16.1. The monoisotopic (exact) mass is 208 g/mol. The second-order valence-electron chi connectivity index (χ2n) is 3.35. The summed E-state index contributed by atoms with van der Waals surface area (Å²) in [5.41, 5.74) is 0. The third kappa shape index (κ3) is 3.53. The van der Waals surface area contributed by atoms with E-state index < -0.39 is 0 Å². The molecule has 0 aliphatic rings. The Morgan fingerprint density at radius 3 is 2.87 bits per heavy atom. The molecule has 1 N–H and O–H groups in total. The van der Waals surface area contributed by atoms with Crippen molar-refractivity contribution in [3.05, 3.63) is 12.4 Å². The van der Waals surface area contributed by atoms with Crippen molar-refractivity contribution in [2.24, 2.45) is 0 Å². The summed E-state index contributed by atoms with van der Waals surface area (Å²) in [5.74, 6) is 1.63. The maximum atomic E-state index is 10.9. The van der Waals surface area contributed by atoms with Crippen LogP contribution in [0.15, 0.2) is 12.4 Å². The van der Waals surface area contributed by atoms with Crippen LogP contribution in [-0.4, -0.2) is 35.9 Å². The van der Waals surface area contributed by atoms with E-state index in [1.165, 1.54) is 6.33 Å². The molecule has 0 saturated carbocycles. The molecule has 0 atom stereocenters. The summed E-state index contributed by atoms with van der Waals surface area (Å²) >= 11 is 0. The van der Waals surface area contributed by atoms with Crippen molar-refractivity contribution in [1.29, 1.82) is 0 Å². The van der Waals surface area contributed by atoms with Crippen molar-refractivity contribution in [3.8, 4) is 0 Å². The van der Waals surface area contributed by atoms with Crippen molar-refractivity contribution in [2.75, 3.05) is 30.4 Å². The van der Waals surface area contributed by atoms with E-state index in [4.69, 9.17) is 0 Å². The van der Waals surface area contributed by atoms with Crippen LogP contribution in [0.4, 0.5) is 11.6 Å². The number of nitrogens with zero attached hydrogens (tertiary/aromatic N) is 3. The molecule has 15 heavy (non-hydrogen) atoms. The van der Waals surface area contributed by atoms with Crippen molar-refractivity contribution >= 4 is 17.4 Å². The summed E-state index contributed by atoms with van der Waals surface area (Å²) in [4.78, 5) is 20.9. The first-order chi connectivity index (χ1) is 7.13. The summed E-state index contributed by atoms with van der Waals surface area (Å²) in [7, 11) is 1.83. The summed E-state index contributed by atoms with van der Waals surface area (Å²) in [6, 6.07) is 1.83. The van der Waals surface area contributed by atoms with Crippen LogP contribution in [0.5, 0.6) is 0 Å². The Bertz CT molecular complexity index is 340. The Morgan fingerprint density at radius 1 is 1.53 bits per heavy atom. The Kier molecular flexibility index (Phi) is 4.03. The van der Waals surface area contributed by atoms with Crippen LogP contribution in [0.2, 0.25) is 0 Å². The molecule has 5 heteroatoms. The first-order valence-corrected chi connectivity index (χ1v) is 4.90. The molecule has 0 radical (unpaired) electrons. The molecule has 1 rings (SSSR count). The average Bonchev–Trinajstić information content (AvgIpc) is 2.17. The average molecular weight is 208 g/mol. The minimum atomic E-state index is 0.112. The highest BCUT2D eigenvalue weighted by Crippen LogP contribution is 2.11. The number of ketones is 1. The normalized spacial score (nSPS) is 9.80. The van der Waals surface area contributed by atoms with E-state index in [1.807, 2.05) is 20.0 Å². The number of carbonyl (C=O) groups excluding carboxylic acids is 1. The van der Waals surface area contributed by atoms with E-state index in [0.717, 1.165) is 18.2 Å². The highest BCUT2D eigenvalue weighted by Gasteiger charge is 2.05. The Morgan fingerprint density at radius 2 is 2.27 bits per heavy atom. The van der Waals surface area contributed by atoms with E-state index in [9.17, 15) is 4.79 Å². The predicted molar refractivity (Wildman–Crippen MR) is 60.1 cm³/mol. The van der Waals surface area contributed by atoms with Crippen LogP contribution < -0.4 is 10.2 Å². The molecule has 0 saturated heterocycles. The molecular formula is C10H16N4O. The lowest BCUT2D eigenvalue weighted by molar-refractivity contribution is -0.115. The SMILES string of the molecule is CCNc1cc(N(C)CC(C)=O)ncn1. The minimum Gasteiger partial charge on any atom is -0.370 e. The molecule has 82 valence electrons. The molecule has 0 aliphatic heterocycles. The van der Waals surface area contributed by atoms with Gasteiger partial charge in [0, 0.05) is 19.7 Å². The zero-order valence-corrected chi connectivity index (χ0v) is 9.32. The fourth-order valence-electron chi connectivity index (χ4n) is 1.25. The zero-order valence-electron chi connectivity index (χ0n) is 9.32. The summed E-state index contributed by atoms with van der Waals surface area (Å²) < 4.78 is 0. The molecule has 0 aliphatic carbocycles. The van der Waals surface area contributed by atoms with Crippen LogP contribution >= 0.6 is 0 Å². The quantitative estimate of drug-likeness (QED) is 0.780. The molecule has 5 nitrogen and oxygen atoms in total. The van der Waals surface area contributed by atoms with Gasteiger partial charge in [-0.3, -0.25) is 4.79 Å². The van der Waals surface area contributed by atoms with Gasteiger partial charge in [-0.25, -0.2) is 9.97 Å². The first kappa shape index (κ1) is 11.4. The van der Waals surface area contributed by atoms with Crippen LogP contribution in [0.3, 0.4) is 0 Å². The molecule has 0 amide bonds. The number of nitrogens with one attached hydrogen (secondary N) is 1. The molecule has 0 spiro atoms. The molecule has 0 aromatic carbocycles. The lowest BCUT2D eigenvalue weighted by atomic mass is 10.4. The van der Waals surface area contributed by atoms with Gasteiger partial charge in [0.05, 0.1) is 6.54 Å². The van der Waals surface area contributed by atoms with Gasteiger partial charge in [-0.15, -0.1) is 0 Å². The molecule has 0 bridgehead atoms. The maximum absolute atomic E-state index is 10.9. The van der Waals surface area contributed by atoms with Crippen LogP contribution in [0.1, 0.15) is 13.8 Å². The van der Waals surface area contributed by atoms with E-state index in [1.54, 1.807) is 11.8 Å². The van der Waals surface area contributed by atoms with Gasteiger partial charge in [-0.05, 0) is 13.8 Å². The van der Waals surface area contributed by atoms with E-state index in [2.05, 4.69) is 15.3 Å². The molecule has 0 fully saturated rings. The zero-order chi connectivity index (χ0) is 11.3. The van der Waals surface area contributed by atoms with Gasteiger partial charge >= 0.3 is 0 Å². The second-order valence-corrected chi connectivity index (χ2v) is 3.35. The number of hydrogen-bond acceptors (Lipinski definition) is 5. The predicted octanol–water partition coefficient (Wildman–Crippen LogP) is 0.934. The summed E-state index contributed by atoms with van der Waals surface area (Å²) in [5, 5.41) is 3.09. The van der Waals surface area contributed by atoms with Gasteiger partial charge in [0.15, 0.2) is 0 Å². The fraction of sp³-hybridized carbons (Fsp3) is 0.500. The number of anilines is 2. The largest absolute Gasteiger partial charge is 0.370 e. The van der Waals surface area contributed by atoms with Gasteiger partial charge in [-0.2, -0.15) is 0 Å². The van der Waals surface area contributed by atoms with E-state index >= 15 is 0 Å². The number of aromatic nitrogens is 2. The minimum absolute atomic E-state index is 0.112.